The number of anilines is 1. The van der Waals surface area contributed by atoms with Crippen molar-refractivity contribution in [3.05, 3.63) is 95.1 Å². The predicted molar refractivity (Wildman–Crippen MR) is 157 cm³/mol. The van der Waals surface area contributed by atoms with Crippen LogP contribution in [0.15, 0.2) is 72.8 Å². The van der Waals surface area contributed by atoms with Crippen LogP contribution in [-0.2, 0) is 16.1 Å². The number of ether oxygens (including phenoxy) is 1. The van der Waals surface area contributed by atoms with Gasteiger partial charge in [0.25, 0.3) is 11.8 Å². The number of amides is 3. The summed E-state index contributed by atoms with van der Waals surface area (Å²) < 4.78 is 5.20. The van der Waals surface area contributed by atoms with Crippen molar-refractivity contribution in [1.29, 1.82) is 0 Å². The van der Waals surface area contributed by atoms with Gasteiger partial charge in [0.1, 0.15) is 11.8 Å². The molecule has 41 heavy (non-hydrogen) atoms. The van der Waals surface area contributed by atoms with Gasteiger partial charge < -0.3 is 26.4 Å². The molecule has 0 radical (unpaired) electrons. The summed E-state index contributed by atoms with van der Waals surface area (Å²) in [6.07, 6.45) is 0. The maximum Gasteiger partial charge on any atom is 0.267 e. The molecule has 0 fully saturated rings. The molecule has 10 nitrogen and oxygen atoms in total. The number of nitrogens with one attached hydrogen (secondary N) is 4. The summed E-state index contributed by atoms with van der Waals surface area (Å²) in [5.74, 6) is 10.7. The lowest BCUT2D eigenvalue weighted by atomic mass is 10.1. The van der Waals surface area contributed by atoms with E-state index >= 15 is 0 Å². The summed E-state index contributed by atoms with van der Waals surface area (Å²) >= 11 is 0. The van der Waals surface area contributed by atoms with E-state index < -0.39 is 17.9 Å². The van der Waals surface area contributed by atoms with Gasteiger partial charge >= 0.3 is 0 Å². The Morgan fingerprint density at radius 2 is 1.59 bits per heavy atom. The van der Waals surface area contributed by atoms with Crippen molar-refractivity contribution in [2.24, 2.45) is 5.73 Å². The number of hydrogen-bond donors (Lipinski definition) is 6. The van der Waals surface area contributed by atoms with Gasteiger partial charge in [0, 0.05) is 35.5 Å². The first-order chi connectivity index (χ1) is 19.4. The van der Waals surface area contributed by atoms with E-state index in [2.05, 4.69) is 39.6 Å². The molecule has 212 valence electrons. The Morgan fingerprint density at radius 3 is 2.17 bits per heavy atom. The van der Waals surface area contributed by atoms with E-state index in [0.717, 1.165) is 16.9 Å². The molecule has 0 saturated heterocycles. The zero-order valence-corrected chi connectivity index (χ0v) is 21.8. The molecule has 0 bridgehead atoms. The standard InChI is InChI=1S/C30H29N5O5.CH4/c1-40-26-8-4-7-23(17-26)19-32-20-28(36)33-25-15-11-22(12-16-25)6-3-2-5-21-9-13-24(14-10-21)29(37)34-27(18-31)30(38)35-39;/h4,7-17,27,32,39H,18-20,31H2,1H3,(H,33,36)(H,34,37)(H,35,38);1H4/t27-;/m0./s1. The van der Waals surface area contributed by atoms with Gasteiger partial charge in [-0.05, 0) is 78.1 Å². The smallest absolute Gasteiger partial charge is 0.267 e. The van der Waals surface area contributed by atoms with E-state index in [-0.39, 0.29) is 26.4 Å². The highest BCUT2D eigenvalue weighted by Gasteiger charge is 2.19. The predicted octanol–water partition coefficient (Wildman–Crippen LogP) is 2.03. The van der Waals surface area contributed by atoms with Crippen LogP contribution in [0.1, 0.15) is 34.5 Å². The molecule has 7 N–H and O–H groups in total. The third-order valence-electron chi connectivity index (χ3n) is 5.51. The summed E-state index contributed by atoms with van der Waals surface area (Å²) in [4.78, 5) is 35.9. The molecule has 0 unspecified atom stereocenters. The Bertz CT molecular complexity index is 1450. The lowest BCUT2D eigenvalue weighted by molar-refractivity contribution is -0.130. The first-order valence-corrected chi connectivity index (χ1v) is 12.2. The Morgan fingerprint density at radius 1 is 0.951 bits per heavy atom. The molecule has 10 heteroatoms. The number of nitrogens with two attached hydrogens (primary N) is 1. The topological polar surface area (TPSA) is 155 Å². The quantitative estimate of drug-likeness (QED) is 0.127. The van der Waals surface area contributed by atoms with Gasteiger partial charge in [-0.25, -0.2) is 5.48 Å². The number of carbonyl (C=O) groups is 3. The molecule has 3 rings (SSSR count). The summed E-state index contributed by atoms with van der Waals surface area (Å²) in [5.41, 5.74) is 10.3. The monoisotopic (exact) mass is 555 g/mol. The fraction of sp³-hybridized carbons (Fsp3) is 0.194. The van der Waals surface area contributed by atoms with Crippen LogP contribution in [-0.4, -0.2) is 49.2 Å². The van der Waals surface area contributed by atoms with Gasteiger partial charge in [-0.3, -0.25) is 19.6 Å². The van der Waals surface area contributed by atoms with E-state index in [1.807, 2.05) is 24.3 Å². The lowest BCUT2D eigenvalue weighted by Crippen LogP contribution is -2.50. The van der Waals surface area contributed by atoms with Crippen LogP contribution in [0, 0.1) is 23.7 Å². The molecule has 0 spiro atoms. The van der Waals surface area contributed by atoms with Crippen LogP contribution >= 0.6 is 0 Å². The molecular weight excluding hydrogens is 522 g/mol. The molecular formula is C31H33N5O5. The Balaban J connectivity index is 0.00000588. The van der Waals surface area contributed by atoms with Crippen LogP contribution in [0.5, 0.6) is 5.75 Å². The summed E-state index contributed by atoms with van der Waals surface area (Å²) in [6.45, 7) is 0.538. The number of carbonyl (C=O) groups excluding carboxylic acids is 3. The molecule has 3 aromatic carbocycles. The average molecular weight is 556 g/mol. The maximum atomic E-state index is 12.2. The van der Waals surface area contributed by atoms with Crippen LogP contribution in [0.2, 0.25) is 0 Å². The molecule has 3 amide bonds. The van der Waals surface area contributed by atoms with Gasteiger partial charge in [-0.2, -0.15) is 0 Å². The van der Waals surface area contributed by atoms with Gasteiger partial charge in [-0.1, -0.05) is 31.4 Å². The molecule has 0 saturated carbocycles. The molecule has 3 aromatic rings. The third-order valence-corrected chi connectivity index (χ3v) is 5.51. The largest absolute Gasteiger partial charge is 0.497 e. The van der Waals surface area contributed by atoms with Crippen LogP contribution in [0.4, 0.5) is 5.69 Å². The zero-order valence-electron chi connectivity index (χ0n) is 21.8. The van der Waals surface area contributed by atoms with E-state index in [4.69, 9.17) is 15.7 Å². The Hall–Kier alpha value is -5.13. The van der Waals surface area contributed by atoms with E-state index in [9.17, 15) is 14.4 Å². The first-order valence-electron chi connectivity index (χ1n) is 12.2. The minimum atomic E-state index is -1.05. The normalized spacial score (nSPS) is 10.3. The maximum absolute atomic E-state index is 12.2. The second-order valence-corrected chi connectivity index (χ2v) is 8.40. The molecule has 0 aliphatic rings. The first kappa shape index (κ1) is 32.1. The number of hydrogen-bond acceptors (Lipinski definition) is 7. The van der Waals surface area contributed by atoms with Gasteiger partial charge in [0.2, 0.25) is 5.91 Å². The molecule has 0 aromatic heterocycles. The fourth-order valence-corrected chi connectivity index (χ4v) is 3.41. The van der Waals surface area contributed by atoms with Crippen LogP contribution < -0.4 is 31.9 Å². The van der Waals surface area contributed by atoms with E-state index in [1.54, 1.807) is 55.6 Å². The van der Waals surface area contributed by atoms with Crippen molar-refractivity contribution in [3.8, 4) is 29.4 Å². The van der Waals surface area contributed by atoms with Crippen molar-refractivity contribution in [3.63, 3.8) is 0 Å². The van der Waals surface area contributed by atoms with E-state index in [0.29, 0.717) is 23.4 Å². The average Bonchev–Trinajstić information content (AvgIpc) is 2.98. The minimum absolute atomic E-state index is 0. The fourth-order valence-electron chi connectivity index (χ4n) is 3.41. The molecule has 1 atom stereocenters. The number of rotatable bonds is 10. The Kier molecular flexibility index (Phi) is 13.1. The van der Waals surface area contributed by atoms with Crippen molar-refractivity contribution in [2.75, 3.05) is 25.5 Å². The lowest BCUT2D eigenvalue weighted by Gasteiger charge is -2.14. The highest BCUT2D eigenvalue weighted by atomic mass is 16.5. The van der Waals surface area contributed by atoms with Gasteiger partial charge in [-0.15, -0.1) is 0 Å². The summed E-state index contributed by atoms with van der Waals surface area (Å²) in [6, 6.07) is 20.1. The molecule has 0 heterocycles. The van der Waals surface area contributed by atoms with E-state index in [1.165, 1.54) is 5.48 Å². The number of hydroxylamine groups is 1. The zero-order chi connectivity index (χ0) is 28.7. The van der Waals surface area contributed by atoms with Crippen molar-refractivity contribution >= 4 is 23.4 Å². The highest BCUT2D eigenvalue weighted by molar-refractivity contribution is 5.97. The minimum Gasteiger partial charge on any atom is -0.497 e. The molecule has 0 aliphatic carbocycles. The Labute approximate surface area is 239 Å². The second-order valence-electron chi connectivity index (χ2n) is 8.40. The third kappa shape index (κ3) is 10.5. The van der Waals surface area contributed by atoms with Crippen molar-refractivity contribution in [1.82, 2.24) is 16.1 Å². The van der Waals surface area contributed by atoms with Gasteiger partial charge in [0.15, 0.2) is 0 Å². The SMILES string of the molecule is C.COc1cccc(CNCC(=O)Nc2ccc(C#CC#Cc3ccc(C(=O)N[C@@H](CN)C(=O)NO)cc3)cc2)c1. The number of methoxy groups -OCH3 is 1. The van der Waals surface area contributed by atoms with Crippen molar-refractivity contribution in [2.45, 2.75) is 20.0 Å². The summed E-state index contributed by atoms with van der Waals surface area (Å²) in [5, 5.41) is 17.1. The second kappa shape index (κ2) is 16.7. The summed E-state index contributed by atoms with van der Waals surface area (Å²) in [7, 11) is 1.61. The number of benzene rings is 3. The highest BCUT2D eigenvalue weighted by Crippen LogP contribution is 2.12. The van der Waals surface area contributed by atoms with Crippen molar-refractivity contribution < 1.29 is 24.3 Å². The van der Waals surface area contributed by atoms with Crippen LogP contribution in [0.25, 0.3) is 0 Å². The van der Waals surface area contributed by atoms with Crippen LogP contribution in [0.3, 0.4) is 0 Å². The molecule has 0 aliphatic heterocycles. The van der Waals surface area contributed by atoms with Gasteiger partial charge in [0.05, 0.1) is 13.7 Å².